The molecule has 2 aromatic rings. The van der Waals surface area contributed by atoms with Crippen LogP contribution in [0.2, 0.25) is 0 Å². The van der Waals surface area contributed by atoms with Gasteiger partial charge in [-0.05, 0) is 71.4 Å². The summed E-state index contributed by atoms with van der Waals surface area (Å²) >= 11 is 3.23. The molecular weight excluding hydrogens is 348 g/mol. The van der Waals surface area contributed by atoms with Crippen LogP contribution >= 0.6 is 15.9 Å². The molecule has 5 heteroatoms. The summed E-state index contributed by atoms with van der Waals surface area (Å²) in [5.41, 5.74) is 1.27. The van der Waals surface area contributed by atoms with Crippen LogP contribution in [0.3, 0.4) is 0 Å². The predicted molar refractivity (Wildman–Crippen MR) is 86.1 cm³/mol. The van der Waals surface area contributed by atoms with E-state index in [4.69, 9.17) is 13.9 Å². The molecule has 0 aliphatic carbocycles. The lowest BCUT2D eigenvalue weighted by Gasteiger charge is -2.05. The first-order valence-corrected chi connectivity index (χ1v) is 7.59. The molecule has 1 aliphatic rings. The van der Waals surface area contributed by atoms with Crippen molar-refractivity contribution >= 4 is 33.7 Å². The van der Waals surface area contributed by atoms with E-state index in [-0.39, 0.29) is 0 Å². The molecule has 1 aliphatic heterocycles. The first-order valence-electron chi connectivity index (χ1n) is 6.80. The number of hydrogen-bond donors (Lipinski definition) is 0. The van der Waals surface area contributed by atoms with Gasteiger partial charge in [-0.2, -0.15) is 0 Å². The highest BCUT2D eigenvalue weighted by Crippen LogP contribution is 2.29. The van der Waals surface area contributed by atoms with Crippen molar-refractivity contribution in [2.45, 2.75) is 6.92 Å². The van der Waals surface area contributed by atoms with Crippen LogP contribution in [0, 0.1) is 0 Å². The maximum Gasteiger partial charge on any atom is 0.343 e. The molecule has 112 valence electrons. The highest BCUT2D eigenvalue weighted by molar-refractivity contribution is 9.10. The Hall–Kier alpha value is -2.27. The summed E-state index contributed by atoms with van der Waals surface area (Å²) in [6.45, 7) is 2.54. The second-order valence-electron chi connectivity index (χ2n) is 4.60. The van der Waals surface area contributed by atoms with Gasteiger partial charge in [0.25, 0.3) is 0 Å². The molecular formula is C17H13BrO4. The number of carbonyl (C=O) groups excluding carboxylic acids is 1. The van der Waals surface area contributed by atoms with Gasteiger partial charge < -0.3 is 13.9 Å². The number of cyclic esters (lactones) is 1. The van der Waals surface area contributed by atoms with Crippen molar-refractivity contribution in [1.82, 2.24) is 0 Å². The van der Waals surface area contributed by atoms with E-state index in [0.717, 1.165) is 11.3 Å². The summed E-state index contributed by atoms with van der Waals surface area (Å²) < 4.78 is 16.7. The molecule has 3 rings (SSSR count). The minimum absolute atomic E-state index is 0.392. The second-order valence-corrected chi connectivity index (χ2v) is 5.38. The average Bonchev–Trinajstić information content (AvgIpc) is 3.07. The molecule has 0 amide bonds. The molecule has 0 fully saturated rings. The first-order chi connectivity index (χ1) is 10.7. The molecule has 0 spiro atoms. The summed E-state index contributed by atoms with van der Waals surface area (Å²) in [5, 5.41) is 0. The number of ether oxygens (including phenoxy) is 2. The van der Waals surface area contributed by atoms with Crippen LogP contribution in [-0.4, -0.2) is 12.6 Å². The molecule has 0 unspecified atom stereocenters. The molecule has 0 atom stereocenters. The monoisotopic (exact) mass is 360 g/mol. The Morgan fingerprint density at radius 3 is 2.59 bits per heavy atom. The van der Waals surface area contributed by atoms with Crippen LogP contribution < -0.4 is 4.74 Å². The van der Waals surface area contributed by atoms with E-state index in [2.05, 4.69) is 15.9 Å². The van der Waals surface area contributed by atoms with E-state index in [1.807, 2.05) is 31.2 Å². The Morgan fingerprint density at radius 1 is 1.18 bits per heavy atom. The first kappa shape index (κ1) is 14.7. The number of rotatable bonds is 4. The summed E-state index contributed by atoms with van der Waals surface area (Å²) in [5.74, 6) is 1.50. The lowest BCUT2D eigenvalue weighted by molar-refractivity contribution is -0.130. The lowest BCUT2D eigenvalue weighted by Crippen LogP contribution is -1.97. The van der Waals surface area contributed by atoms with Crippen molar-refractivity contribution in [3.63, 3.8) is 0 Å². The van der Waals surface area contributed by atoms with Gasteiger partial charge in [0.2, 0.25) is 0 Å². The standard InChI is InChI=1S/C17H13BrO4/c1-2-20-13-5-3-11(4-6-13)15-10-12(17(19)22-15)9-14-7-8-16(18)21-14/h3-10H,2H2,1H3/b12-9+. The average molecular weight is 361 g/mol. The fourth-order valence-electron chi connectivity index (χ4n) is 2.07. The Bertz CT molecular complexity index is 753. The minimum Gasteiger partial charge on any atom is -0.494 e. The summed E-state index contributed by atoms with van der Waals surface area (Å²) in [6.07, 6.45) is 3.35. The van der Waals surface area contributed by atoms with Gasteiger partial charge in [-0.1, -0.05) is 0 Å². The maximum absolute atomic E-state index is 11.9. The van der Waals surface area contributed by atoms with E-state index in [0.29, 0.717) is 28.4 Å². The molecule has 0 bridgehead atoms. The van der Waals surface area contributed by atoms with Gasteiger partial charge in [0, 0.05) is 5.56 Å². The molecule has 0 saturated carbocycles. The fourth-order valence-corrected chi connectivity index (χ4v) is 2.39. The highest BCUT2D eigenvalue weighted by Gasteiger charge is 2.22. The van der Waals surface area contributed by atoms with Gasteiger partial charge in [0.1, 0.15) is 17.3 Å². The largest absolute Gasteiger partial charge is 0.494 e. The van der Waals surface area contributed by atoms with Crippen molar-refractivity contribution in [2.75, 3.05) is 6.61 Å². The maximum atomic E-state index is 11.9. The van der Waals surface area contributed by atoms with Crippen molar-refractivity contribution in [1.29, 1.82) is 0 Å². The second kappa shape index (κ2) is 6.23. The Labute approximate surface area is 136 Å². The van der Waals surface area contributed by atoms with Gasteiger partial charge in [-0.15, -0.1) is 0 Å². The summed E-state index contributed by atoms with van der Waals surface area (Å²) in [6, 6.07) is 10.9. The number of esters is 1. The van der Waals surface area contributed by atoms with Crippen molar-refractivity contribution in [3.8, 4) is 5.75 Å². The van der Waals surface area contributed by atoms with E-state index in [1.54, 1.807) is 24.3 Å². The van der Waals surface area contributed by atoms with Gasteiger partial charge in [-0.3, -0.25) is 0 Å². The number of benzene rings is 1. The molecule has 0 N–H and O–H groups in total. The predicted octanol–water partition coefficient (Wildman–Crippen LogP) is 4.42. The zero-order valence-corrected chi connectivity index (χ0v) is 13.4. The Balaban J connectivity index is 1.84. The minimum atomic E-state index is -0.392. The Morgan fingerprint density at radius 2 is 1.95 bits per heavy atom. The van der Waals surface area contributed by atoms with Gasteiger partial charge in [0.15, 0.2) is 4.67 Å². The van der Waals surface area contributed by atoms with Crippen LogP contribution in [0.1, 0.15) is 18.2 Å². The van der Waals surface area contributed by atoms with E-state index >= 15 is 0 Å². The number of carbonyl (C=O) groups is 1. The van der Waals surface area contributed by atoms with Crippen LogP contribution in [0.5, 0.6) is 5.75 Å². The van der Waals surface area contributed by atoms with Crippen molar-refractivity contribution < 1.29 is 18.7 Å². The topological polar surface area (TPSA) is 48.7 Å². The molecule has 0 radical (unpaired) electrons. The van der Waals surface area contributed by atoms with Crippen LogP contribution in [0.4, 0.5) is 0 Å². The van der Waals surface area contributed by atoms with Gasteiger partial charge >= 0.3 is 5.97 Å². The van der Waals surface area contributed by atoms with Gasteiger partial charge in [0.05, 0.1) is 12.2 Å². The normalized spacial score (nSPS) is 15.8. The number of halogens is 1. The molecule has 1 aromatic heterocycles. The molecule has 0 saturated heterocycles. The zero-order chi connectivity index (χ0) is 15.5. The third-order valence-corrected chi connectivity index (χ3v) is 3.49. The smallest absolute Gasteiger partial charge is 0.343 e. The fraction of sp³-hybridized carbons (Fsp3) is 0.118. The zero-order valence-electron chi connectivity index (χ0n) is 11.8. The molecule has 2 heterocycles. The Kier molecular flexibility index (Phi) is 4.15. The SMILES string of the molecule is CCOc1ccc(C2=C/C(=C\c3ccc(Br)o3)C(=O)O2)cc1. The number of furan rings is 1. The third-order valence-electron chi connectivity index (χ3n) is 3.07. The van der Waals surface area contributed by atoms with Crippen molar-refractivity contribution in [2.24, 2.45) is 0 Å². The third kappa shape index (κ3) is 3.14. The van der Waals surface area contributed by atoms with Gasteiger partial charge in [-0.25, -0.2) is 4.79 Å². The van der Waals surface area contributed by atoms with Crippen LogP contribution in [-0.2, 0) is 9.53 Å². The quantitative estimate of drug-likeness (QED) is 0.598. The lowest BCUT2D eigenvalue weighted by atomic mass is 10.1. The van der Waals surface area contributed by atoms with Crippen molar-refractivity contribution in [3.05, 3.63) is 64.0 Å². The van der Waals surface area contributed by atoms with E-state index in [1.165, 1.54) is 0 Å². The van der Waals surface area contributed by atoms with E-state index < -0.39 is 5.97 Å². The van der Waals surface area contributed by atoms with E-state index in [9.17, 15) is 4.79 Å². The molecule has 4 nitrogen and oxygen atoms in total. The molecule has 22 heavy (non-hydrogen) atoms. The summed E-state index contributed by atoms with van der Waals surface area (Å²) in [4.78, 5) is 11.9. The van der Waals surface area contributed by atoms with Crippen LogP contribution in [0.25, 0.3) is 11.8 Å². The van der Waals surface area contributed by atoms with Crippen LogP contribution in [0.15, 0.2) is 57.1 Å². The molecule has 1 aromatic carbocycles. The highest BCUT2D eigenvalue weighted by atomic mass is 79.9. The summed E-state index contributed by atoms with van der Waals surface area (Å²) in [7, 11) is 0. The number of hydrogen-bond acceptors (Lipinski definition) is 4.